The number of rotatable bonds is 12. The number of halogens is 2. The van der Waals surface area contributed by atoms with Crippen molar-refractivity contribution in [3.05, 3.63) is 83.2 Å². The zero-order chi connectivity index (χ0) is 32.6. The van der Waals surface area contributed by atoms with Crippen LogP contribution in [0.5, 0.6) is 0 Å². The third-order valence-corrected chi connectivity index (χ3v) is 59.5. The van der Waals surface area contributed by atoms with E-state index in [1.807, 2.05) is 35.6 Å². The van der Waals surface area contributed by atoms with Crippen molar-refractivity contribution in [2.75, 3.05) is 0 Å². The van der Waals surface area contributed by atoms with Gasteiger partial charge in [-0.25, -0.2) is 0 Å². The van der Waals surface area contributed by atoms with E-state index in [0.29, 0.717) is 0 Å². The van der Waals surface area contributed by atoms with Gasteiger partial charge in [-0.3, -0.25) is 0 Å². The molecule has 0 saturated carbocycles. The SMILES string of the molecule is CCC1=C(CC)C(CC)[C]([Hf]([C]2=CC=CC2)=[Si](C)C)=C1CC.CCC1=C(CC)C(CC)[C]([Hf]([C]2=CC=CC2)=[Si](C)C)=C1CC.Cl.Cl. The van der Waals surface area contributed by atoms with E-state index in [4.69, 9.17) is 0 Å². The van der Waals surface area contributed by atoms with E-state index in [0.717, 1.165) is 11.8 Å². The van der Waals surface area contributed by atoms with E-state index in [-0.39, 0.29) is 35.8 Å². The molecule has 4 aliphatic carbocycles. The van der Waals surface area contributed by atoms with E-state index in [9.17, 15) is 0 Å². The van der Waals surface area contributed by atoms with Gasteiger partial charge in [0.1, 0.15) is 0 Å². The molecule has 0 aromatic carbocycles. The van der Waals surface area contributed by atoms with Gasteiger partial charge in [-0.1, -0.05) is 0 Å². The third kappa shape index (κ3) is 9.51. The summed E-state index contributed by atoms with van der Waals surface area (Å²) in [6.07, 6.45) is 27.2. The van der Waals surface area contributed by atoms with Crippen LogP contribution >= 0.6 is 24.8 Å². The van der Waals surface area contributed by atoms with Crippen LogP contribution in [-0.4, -0.2) is 11.0 Å². The van der Waals surface area contributed by atoms with Gasteiger partial charge in [0.2, 0.25) is 0 Å². The molecule has 0 radical (unpaired) electrons. The Hall–Kier alpha value is 0.674. The first-order chi connectivity index (χ1) is 21.2. The van der Waals surface area contributed by atoms with E-state index in [1.165, 1.54) is 64.2 Å². The monoisotopic (exact) mass is 1030 g/mol. The van der Waals surface area contributed by atoms with E-state index < -0.39 is 40.1 Å². The topological polar surface area (TPSA) is 0 Å². The summed E-state index contributed by atoms with van der Waals surface area (Å²) in [5.74, 6) is 1.64. The quantitative estimate of drug-likeness (QED) is 0.171. The second kappa shape index (κ2) is 21.8. The van der Waals surface area contributed by atoms with Gasteiger partial charge >= 0.3 is 292 Å². The minimum atomic E-state index is -1.82. The van der Waals surface area contributed by atoms with Gasteiger partial charge in [-0.15, -0.1) is 24.8 Å². The van der Waals surface area contributed by atoms with Crippen LogP contribution in [0.15, 0.2) is 83.2 Å². The van der Waals surface area contributed by atoms with Crippen molar-refractivity contribution in [1.29, 1.82) is 0 Å². The van der Waals surface area contributed by atoms with Crippen molar-refractivity contribution in [2.45, 2.75) is 146 Å². The van der Waals surface area contributed by atoms with Crippen molar-refractivity contribution in [1.82, 2.24) is 0 Å². The van der Waals surface area contributed by atoms with Gasteiger partial charge in [-0.05, 0) is 0 Å². The summed E-state index contributed by atoms with van der Waals surface area (Å²) in [7, 11) is 0. The molecule has 0 fully saturated rings. The Bertz CT molecular complexity index is 1310. The summed E-state index contributed by atoms with van der Waals surface area (Å²) >= 11 is -3.64. The fourth-order valence-corrected chi connectivity index (χ4v) is 61.5. The minimum absolute atomic E-state index is 0. The van der Waals surface area contributed by atoms with Crippen LogP contribution in [-0.2, 0) is 40.1 Å². The average molecular weight is 1030 g/mol. The normalized spacial score (nSPS) is 20.1. The third-order valence-electron chi connectivity index (χ3n) is 10.4. The second-order valence-corrected chi connectivity index (χ2v) is 60.8. The van der Waals surface area contributed by atoms with Gasteiger partial charge in [0.05, 0.1) is 0 Å². The van der Waals surface area contributed by atoms with Crippen LogP contribution in [0, 0.1) is 11.8 Å². The molecule has 0 N–H and O–H groups in total. The van der Waals surface area contributed by atoms with Crippen molar-refractivity contribution in [3.63, 3.8) is 0 Å². The van der Waals surface area contributed by atoms with Gasteiger partial charge in [0, 0.05) is 0 Å². The molecule has 0 aliphatic heterocycles. The Morgan fingerprint density at radius 3 is 1.04 bits per heavy atom. The molecule has 0 aromatic rings. The summed E-state index contributed by atoms with van der Waals surface area (Å²) in [5.41, 5.74) is 10.5. The zero-order valence-corrected chi connectivity index (χ0v) is 42.3. The summed E-state index contributed by atoms with van der Waals surface area (Å²) in [4.78, 5) is 0. The maximum Gasteiger partial charge on any atom is -0.147 e. The Kier molecular flexibility index (Phi) is 21.2. The molecule has 0 aromatic heterocycles. The number of allylic oxidation sites excluding steroid dienone is 16. The summed E-state index contributed by atoms with van der Waals surface area (Å²) in [6, 6.07) is 0. The van der Waals surface area contributed by atoms with Crippen molar-refractivity contribution < 1.29 is 40.1 Å². The summed E-state index contributed by atoms with van der Waals surface area (Å²) in [5, 5.41) is 0. The predicted octanol–water partition coefficient (Wildman–Crippen LogP) is 13.9. The van der Waals surface area contributed by atoms with Crippen LogP contribution in [0.2, 0.25) is 26.2 Å². The Morgan fingerprint density at radius 1 is 0.522 bits per heavy atom. The summed E-state index contributed by atoms with van der Waals surface area (Å²) in [6.45, 7) is 29.6. The molecular formula is C40H66Cl2Hf2Si2. The first-order valence-electron chi connectivity index (χ1n) is 18.2. The average Bonchev–Trinajstić information content (AvgIpc) is 3.82. The molecule has 2 atom stereocenters. The Morgan fingerprint density at radius 2 is 0.848 bits per heavy atom. The van der Waals surface area contributed by atoms with Crippen LogP contribution in [0.3, 0.4) is 0 Å². The van der Waals surface area contributed by atoms with Crippen LogP contribution < -0.4 is 0 Å². The zero-order valence-electron chi connectivity index (χ0n) is 31.5. The number of hydrogen-bond acceptors (Lipinski definition) is 0. The van der Waals surface area contributed by atoms with Gasteiger partial charge in [0.15, 0.2) is 0 Å². The van der Waals surface area contributed by atoms with Crippen LogP contribution in [0.1, 0.15) is 120 Å². The Balaban J connectivity index is 0.000000441. The maximum atomic E-state index is 2.61. The molecule has 46 heavy (non-hydrogen) atoms. The van der Waals surface area contributed by atoms with E-state index in [1.54, 1.807) is 11.1 Å². The van der Waals surface area contributed by atoms with Gasteiger partial charge in [0.25, 0.3) is 0 Å². The van der Waals surface area contributed by atoms with Crippen LogP contribution in [0.25, 0.3) is 0 Å². The van der Waals surface area contributed by atoms with Crippen LogP contribution in [0.4, 0.5) is 0 Å². The standard InChI is InChI=1S/2C13H21.2C5H5.2C2H6Si.2ClH.2Hf/c2*1-5-10-9-11(6-2)13(8-4)12(10)7-3;2*1-2-4-5-3-1;2*1-3-2;;;;/h2*10H,5-8H2,1-4H3;2*1-3H,4H2;2*1-2H3;2*1H;;. The molecule has 2 unspecified atom stereocenters. The Labute approximate surface area is 313 Å². The molecule has 0 amide bonds. The van der Waals surface area contributed by atoms with E-state index in [2.05, 4.69) is 118 Å². The molecule has 0 bridgehead atoms. The van der Waals surface area contributed by atoms with Crippen molar-refractivity contribution in [3.8, 4) is 0 Å². The maximum absolute atomic E-state index is 2.61. The van der Waals surface area contributed by atoms with Gasteiger partial charge < -0.3 is 0 Å². The minimum Gasteiger partial charge on any atom is -0.147 e. The van der Waals surface area contributed by atoms with Gasteiger partial charge in [-0.2, -0.15) is 0 Å². The summed E-state index contributed by atoms with van der Waals surface area (Å²) < 4.78 is 7.88. The fourth-order valence-electron chi connectivity index (χ4n) is 8.85. The smallest absolute Gasteiger partial charge is 0.147 e. The van der Waals surface area contributed by atoms with Crippen molar-refractivity contribution in [2.24, 2.45) is 11.8 Å². The largest absolute Gasteiger partial charge is 0.147 e. The molecule has 0 spiro atoms. The van der Waals surface area contributed by atoms with Crippen molar-refractivity contribution >= 4 is 35.8 Å². The molecule has 0 heterocycles. The fraction of sp³-hybridized carbons (Fsp3) is 0.600. The molecule has 4 rings (SSSR count). The molecule has 0 nitrogen and oxygen atoms in total. The first-order valence-corrected chi connectivity index (χ1v) is 41.1. The molecule has 6 heteroatoms. The predicted molar refractivity (Wildman–Crippen MR) is 211 cm³/mol. The molecule has 256 valence electrons. The number of hydrogen-bond donors (Lipinski definition) is 0. The molecule has 4 aliphatic rings. The molecular weight excluding hydrogens is 964 g/mol. The van der Waals surface area contributed by atoms with E-state index >= 15 is 0 Å². The second-order valence-electron chi connectivity index (χ2n) is 13.2. The molecule has 0 saturated heterocycles. The first kappa shape index (κ1) is 44.7.